The second-order valence-electron chi connectivity index (χ2n) is 3.98. The van der Waals surface area contributed by atoms with Crippen LogP contribution in [0.15, 0.2) is 4.79 Å². The normalized spacial score (nSPS) is 13.6. The number of nitrogens with one attached hydrogen (secondary N) is 1. The van der Waals surface area contributed by atoms with Gasteiger partial charge in [-0.25, -0.2) is 8.42 Å². The van der Waals surface area contributed by atoms with Gasteiger partial charge in [0.15, 0.2) is 9.84 Å². The van der Waals surface area contributed by atoms with E-state index >= 15 is 0 Å². The van der Waals surface area contributed by atoms with Crippen LogP contribution in [0, 0.1) is 0 Å². The van der Waals surface area contributed by atoms with E-state index in [2.05, 4.69) is 9.97 Å². The molecular weight excluding hydrogens is 244 g/mol. The Morgan fingerprint density at radius 2 is 2.06 bits per heavy atom. The minimum absolute atomic E-state index is 0.0325. The number of aromatic amines is 1. The highest BCUT2D eigenvalue weighted by Crippen LogP contribution is 2.19. The van der Waals surface area contributed by atoms with Gasteiger partial charge >= 0.3 is 0 Å². The zero-order chi connectivity index (χ0) is 13.2. The zero-order valence-electron chi connectivity index (χ0n) is 10.0. The molecule has 0 aliphatic carbocycles. The van der Waals surface area contributed by atoms with Gasteiger partial charge < -0.3 is 10.1 Å². The molecular formula is C10H16N2O4S. The molecule has 1 atom stereocenters. The van der Waals surface area contributed by atoms with Crippen LogP contribution in [0.5, 0.6) is 5.88 Å². The van der Waals surface area contributed by atoms with Crippen LogP contribution in [0.2, 0.25) is 0 Å². The number of sulfone groups is 1. The van der Waals surface area contributed by atoms with Crippen molar-refractivity contribution in [2.75, 3.05) is 6.26 Å². The van der Waals surface area contributed by atoms with Gasteiger partial charge in [-0.1, -0.05) is 13.3 Å². The van der Waals surface area contributed by atoms with E-state index < -0.39 is 20.6 Å². The van der Waals surface area contributed by atoms with Crippen molar-refractivity contribution < 1.29 is 13.5 Å². The Morgan fingerprint density at radius 1 is 1.47 bits per heavy atom. The van der Waals surface area contributed by atoms with Crippen molar-refractivity contribution in [3.63, 3.8) is 0 Å². The lowest BCUT2D eigenvalue weighted by Gasteiger charge is -2.10. The number of nitrogens with zero attached hydrogens (tertiary/aromatic N) is 1. The molecule has 0 spiro atoms. The maximum atomic E-state index is 11.6. The molecule has 0 saturated heterocycles. The molecule has 17 heavy (non-hydrogen) atoms. The van der Waals surface area contributed by atoms with E-state index in [1.165, 1.54) is 6.92 Å². The SMILES string of the molecule is CCCc1c(O)nc(C(C)S(C)(=O)=O)[nH]c1=O. The molecule has 96 valence electrons. The van der Waals surface area contributed by atoms with E-state index in [9.17, 15) is 18.3 Å². The first-order valence-corrected chi connectivity index (χ1v) is 7.23. The Hall–Kier alpha value is -1.37. The third kappa shape index (κ3) is 3.06. The maximum Gasteiger partial charge on any atom is 0.257 e. The molecule has 0 bridgehead atoms. The number of rotatable bonds is 4. The van der Waals surface area contributed by atoms with E-state index in [0.717, 1.165) is 6.26 Å². The van der Waals surface area contributed by atoms with Crippen LogP contribution in [0.3, 0.4) is 0 Å². The lowest BCUT2D eigenvalue weighted by atomic mass is 10.2. The Kier molecular flexibility index (Phi) is 3.92. The Morgan fingerprint density at radius 3 is 2.47 bits per heavy atom. The van der Waals surface area contributed by atoms with Crippen molar-refractivity contribution in [3.05, 3.63) is 21.7 Å². The van der Waals surface area contributed by atoms with Crippen molar-refractivity contribution >= 4 is 9.84 Å². The van der Waals surface area contributed by atoms with Gasteiger partial charge in [0.2, 0.25) is 5.88 Å². The van der Waals surface area contributed by atoms with Crippen molar-refractivity contribution in [1.82, 2.24) is 9.97 Å². The molecule has 1 rings (SSSR count). The van der Waals surface area contributed by atoms with Crippen molar-refractivity contribution in [2.45, 2.75) is 31.9 Å². The average Bonchev–Trinajstić information content (AvgIpc) is 2.20. The fourth-order valence-corrected chi connectivity index (χ4v) is 1.89. The highest BCUT2D eigenvalue weighted by atomic mass is 32.2. The van der Waals surface area contributed by atoms with Crippen molar-refractivity contribution in [2.24, 2.45) is 0 Å². The van der Waals surface area contributed by atoms with Crippen LogP contribution >= 0.6 is 0 Å². The molecule has 0 amide bonds. The topological polar surface area (TPSA) is 100 Å². The molecule has 0 fully saturated rings. The van der Waals surface area contributed by atoms with Crippen molar-refractivity contribution in [3.8, 4) is 5.88 Å². The smallest absolute Gasteiger partial charge is 0.257 e. The number of aromatic nitrogens is 2. The first-order valence-electron chi connectivity index (χ1n) is 5.28. The monoisotopic (exact) mass is 260 g/mol. The van der Waals surface area contributed by atoms with E-state index in [-0.39, 0.29) is 17.3 Å². The molecule has 1 heterocycles. The van der Waals surface area contributed by atoms with E-state index in [4.69, 9.17) is 0 Å². The van der Waals surface area contributed by atoms with Gasteiger partial charge in [0.1, 0.15) is 11.1 Å². The molecule has 0 aromatic carbocycles. The number of hydrogen-bond acceptors (Lipinski definition) is 5. The van der Waals surface area contributed by atoms with E-state index in [0.29, 0.717) is 12.8 Å². The molecule has 6 nitrogen and oxygen atoms in total. The first-order chi connectivity index (χ1) is 7.77. The molecule has 1 aromatic rings. The molecule has 0 aliphatic rings. The number of H-pyrrole nitrogens is 1. The molecule has 0 aliphatic heterocycles. The molecule has 7 heteroatoms. The van der Waals surface area contributed by atoms with Crippen LogP contribution in [0.25, 0.3) is 0 Å². The van der Waals surface area contributed by atoms with Gasteiger partial charge in [-0.05, 0) is 13.3 Å². The lowest BCUT2D eigenvalue weighted by Crippen LogP contribution is -2.20. The fourth-order valence-electron chi connectivity index (χ4n) is 1.37. The van der Waals surface area contributed by atoms with E-state index in [1.54, 1.807) is 0 Å². The van der Waals surface area contributed by atoms with Gasteiger partial charge in [-0.15, -0.1) is 0 Å². The van der Waals surface area contributed by atoms with Crippen LogP contribution in [-0.4, -0.2) is 29.7 Å². The highest BCUT2D eigenvalue weighted by Gasteiger charge is 2.21. The van der Waals surface area contributed by atoms with Gasteiger partial charge in [0.05, 0.1) is 5.56 Å². The fraction of sp³-hybridized carbons (Fsp3) is 0.600. The Bertz CT molecular complexity index is 562. The minimum Gasteiger partial charge on any atom is -0.493 e. The zero-order valence-corrected chi connectivity index (χ0v) is 10.8. The van der Waals surface area contributed by atoms with Crippen molar-refractivity contribution in [1.29, 1.82) is 0 Å². The predicted molar refractivity (Wildman–Crippen MR) is 63.8 cm³/mol. The first kappa shape index (κ1) is 13.7. The molecule has 0 radical (unpaired) electrons. The average molecular weight is 260 g/mol. The summed E-state index contributed by atoms with van der Waals surface area (Å²) in [5.41, 5.74) is -0.290. The summed E-state index contributed by atoms with van der Waals surface area (Å²) >= 11 is 0. The molecule has 1 aromatic heterocycles. The molecule has 2 N–H and O–H groups in total. The second-order valence-corrected chi connectivity index (χ2v) is 6.34. The number of hydrogen-bond donors (Lipinski definition) is 2. The summed E-state index contributed by atoms with van der Waals surface area (Å²) in [5.74, 6) is -0.420. The Balaban J connectivity index is 3.29. The quantitative estimate of drug-likeness (QED) is 0.822. The third-order valence-corrected chi connectivity index (χ3v) is 4.05. The predicted octanol–water partition coefficient (Wildman–Crippen LogP) is 0.534. The van der Waals surface area contributed by atoms with Crippen LogP contribution in [0.1, 0.15) is 36.9 Å². The number of aromatic hydroxyl groups is 1. The summed E-state index contributed by atoms with van der Waals surface area (Å²) in [4.78, 5) is 17.8. The van der Waals surface area contributed by atoms with Gasteiger partial charge in [0.25, 0.3) is 5.56 Å². The summed E-state index contributed by atoms with van der Waals surface area (Å²) in [6.07, 6.45) is 2.15. The maximum absolute atomic E-state index is 11.6. The van der Waals surface area contributed by atoms with Gasteiger partial charge in [-0.2, -0.15) is 4.98 Å². The summed E-state index contributed by atoms with van der Waals surface area (Å²) in [6, 6.07) is 0. The van der Waals surface area contributed by atoms with Crippen LogP contribution in [0.4, 0.5) is 0 Å². The largest absolute Gasteiger partial charge is 0.493 e. The summed E-state index contributed by atoms with van der Waals surface area (Å²) in [5, 5.41) is 8.64. The second kappa shape index (κ2) is 4.87. The molecule has 0 saturated carbocycles. The Labute approximate surface area is 99.6 Å². The van der Waals surface area contributed by atoms with Gasteiger partial charge in [-0.3, -0.25) is 4.79 Å². The van der Waals surface area contributed by atoms with Crippen LogP contribution < -0.4 is 5.56 Å². The van der Waals surface area contributed by atoms with Gasteiger partial charge in [0, 0.05) is 6.26 Å². The third-order valence-electron chi connectivity index (χ3n) is 2.54. The summed E-state index contributed by atoms with van der Waals surface area (Å²) in [7, 11) is -3.36. The minimum atomic E-state index is -3.36. The summed E-state index contributed by atoms with van der Waals surface area (Å²) in [6.45, 7) is 3.28. The molecule has 1 unspecified atom stereocenters. The van der Waals surface area contributed by atoms with E-state index in [1.807, 2.05) is 6.92 Å². The standard InChI is InChI=1S/C10H16N2O4S/c1-4-5-7-9(13)11-8(12-10(7)14)6(2)17(3,15)16/h6H,4-5H2,1-3H3,(H2,11,12,13,14). The van der Waals surface area contributed by atoms with Crippen LogP contribution in [-0.2, 0) is 16.3 Å². The summed E-state index contributed by atoms with van der Waals surface area (Å²) < 4.78 is 22.6. The highest BCUT2D eigenvalue weighted by molar-refractivity contribution is 7.90. The lowest BCUT2D eigenvalue weighted by molar-refractivity contribution is 0.438.